The molecule has 0 saturated heterocycles. The standard InChI is InChI=1S/C27H30ClNO5S/c1-2-3-4-5-9-18-29(35(32,33)24-10-7-6-8-11-24)25-19-23(28)16-17-26(25)34-20-21-12-14-22(15-13-21)27(30)31/h6-8,10-17,19H,2-5,9,18,20H2,1H3,(H,30,31). The molecule has 0 atom stereocenters. The monoisotopic (exact) mass is 515 g/mol. The van der Waals surface area contributed by atoms with Crippen molar-refractivity contribution < 1.29 is 23.1 Å². The largest absolute Gasteiger partial charge is 0.487 e. The van der Waals surface area contributed by atoms with Crippen LogP contribution in [0.5, 0.6) is 5.75 Å². The van der Waals surface area contributed by atoms with Crippen LogP contribution in [0.2, 0.25) is 5.02 Å². The Hall–Kier alpha value is -3.03. The summed E-state index contributed by atoms with van der Waals surface area (Å²) in [5.74, 6) is -0.622. The van der Waals surface area contributed by atoms with Crippen molar-refractivity contribution in [2.45, 2.75) is 50.5 Å². The van der Waals surface area contributed by atoms with Gasteiger partial charge in [0.25, 0.3) is 10.0 Å². The molecule has 0 aliphatic heterocycles. The SMILES string of the molecule is CCCCCCCN(c1cc(Cl)ccc1OCc1ccc(C(=O)O)cc1)S(=O)(=O)c1ccccc1. The molecule has 3 aromatic rings. The summed E-state index contributed by atoms with van der Waals surface area (Å²) in [6, 6.07) is 19.6. The van der Waals surface area contributed by atoms with Crippen LogP contribution in [0.3, 0.4) is 0 Å². The van der Waals surface area contributed by atoms with Crippen LogP contribution in [-0.2, 0) is 16.6 Å². The molecule has 0 unspecified atom stereocenters. The Morgan fingerprint density at radius 2 is 1.63 bits per heavy atom. The molecular formula is C27H30ClNO5S. The van der Waals surface area contributed by atoms with Gasteiger partial charge in [-0.3, -0.25) is 4.31 Å². The lowest BCUT2D eigenvalue weighted by molar-refractivity contribution is 0.0697. The lowest BCUT2D eigenvalue weighted by Crippen LogP contribution is -2.32. The third-order valence-electron chi connectivity index (χ3n) is 5.58. The van der Waals surface area contributed by atoms with Gasteiger partial charge in [-0.2, -0.15) is 0 Å². The first kappa shape index (κ1) is 26.6. The predicted octanol–water partition coefficient (Wildman–Crippen LogP) is 6.78. The predicted molar refractivity (Wildman–Crippen MR) is 139 cm³/mol. The molecule has 8 heteroatoms. The molecule has 3 rings (SSSR count). The average molecular weight is 516 g/mol. The maximum absolute atomic E-state index is 13.7. The van der Waals surface area contributed by atoms with Crippen LogP contribution in [0, 0.1) is 0 Å². The second-order valence-electron chi connectivity index (χ2n) is 8.21. The second-order valence-corrected chi connectivity index (χ2v) is 10.5. The zero-order valence-corrected chi connectivity index (χ0v) is 21.3. The molecular weight excluding hydrogens is 486 g/mol. The van der Waals surface area contributed by atoms with Crippen LogP contribution >= 0.6 is 11.6 Å². The highest BCUT2D eigenvalue weighted by atomic mass is 35.5. The molecule has 6 nitrogen and oxygen atoms in total. The van der Waals surface area contributed by atoms with E-state index in [0.29, 0.717) is 29.4 Å². The normalized spacial score (nSPS) is 11.3. The van der Waals surface area contributed by atoms with Gasteiger partial charge < -0.3 is 9.84 Å². The molecule has 35 heavy (non-hydrogen) atoms. The number of aromatic carboxylic acids is 1. The van der Waals surface area contributed by atoms with E-state index >= 15 is 0 Å². The quantitative estimate of drug-likeness (QED) is 0.253. The first-order chi connectivity index (χ1) is 16.8. The molecule has 1 N–H and O–H groups in total. The Balaban J connectivity index is 1.91. The molecule has 0 spiro atoms. The zero-order chi connectivity index (χ0) is 25.3. The first-order valence-electron chi connectivity index (χ1n) is 11.7. The average Bonchev–Trinajstić information content (AvgIpc) is 2.86. The fourth-order valence-corrected chi connectivity index (χ4v) is 5.35. The van der Waals surface area contributed by atoms with E-state index in [9.17, 15) is 13.2 Å². The molecule has 0 aliphatic rings. The summed E-state index contributed by atoms with van der Waals surface area (Å²) in [5, 5.41) is 9.49. The Morgan fingerprint density at radius 1 is 0.943 bits per heavy atom. The molecule has 0 heterocycles. The van der Waals surface area contributed by atoms with Crippen LogP contribution < -0.4 is 9.04 Å². The number of unbranched alkanes of at least 4 members (excludes halogenated alkanes) is 4. The van der Waals surface area contributed by atoms with Crippen molar-refractivity contribution in [3.05, 3.63) is 88.9 Å². The van der Waals surface area contributed by atoms with Gasteiger partial charge in [-0.15, -0.1) is 0 Å². The minimum absolute atomic E-state index is 0.143. The van der Waals surface area contributed by atoms with Crippen LogP contribution in [0.4, 0.5) is 5.69 Å². The van der Waals surface area contributed by atoms with E-state index in [2.05, 4.69) is 6.92 Å². The number of hydrogen-bond acceptors (Lipinski definition) is 4. The summed E-state index contributed by atoms with van der Waals surface area (Å²) in [6.45, 7) is 2.58. The lowest BCUT2D eigenvalue weighted by Gasteiger charge is -2.27. The number of carbonyl (C=O) groups is 1. The van der Waals surface area contributed by atoms with Gasteiger partial charge in [-0.25, -0.2) is 13.2 Å². The van der Waals surface area contributed by atoms with Gasteiger partial charge in [0.15, 0.2) is 0 Å². The Kier molecular flexibility index (Phi) is 9.57. The summed E-state index contributed by atoms with van der Waals surface area (Å²) < 4.78 is 34.7. The van der Waals surface area contributed by atoms with Gasteiger partial charge in [0, 0.05) is 11.6 Å². The van der Waals surface area contributed by atoms with Gasteiger partial charge in [0.05, 0.1) is 16.1 Å². The smallest absolute Gasteiger partial charge is 0.335 e. The Bertz CT molecular complexity index is 1210. The summed E-state index contributed by atoms with van der Waals surface area (Å²) in [5.41, 5.74) is 1.32. The van der Waals surface area contributed by atoms with Gasteiger partial charge in [0.1, 0.15) is 12.4 Å². The molecule has 186 valence electrons. The van der Waals surface area contributed by atoms with Crippen LogP contribution in [0.1, 0.15) is 54.9 Å². The van der Waals surface area contributed by atoms with Crippen molar-refractivity contribution in [1.29, 1.82) is 0 Å². The number of nitrogens with zero attached hydrogens (tertiary/aromatic N) is 1. The Morgan fingerprint density at radius 3 is 2.29 bits per heavy atom. The number of ether oxygens (including phenoxy) is 1. The van der Waals surface area contributed by atoms with Crippen LogP contribution in [-0.4, -0.2) is 26.0 Å². The van der Waals surface area contributed by atoms with E-state index in [0.717, 1.165) is 31.2 Å². The van der Waals surface area contributed by atoms with E-state index in [4.69, 9.17) is 21.4 Å². The first-order valence-corrected chi connectivity index (χ1v) is 13.5. The number of carboxylic acid groups (broad SMARTS) is 1. The summed E-state index contributed by atoms with van der Waals surface area (Å²) in [7, 11) is -3.85. The number of hydrogen-bond donors (Lipinski definition) is 1. The van der Waals surface area contributed by atoms with E-state index in [1.807, 2.05) is 0 Å². The van der Waals surface area contributed by atoms with Crippen molar-refractivity contribution in [3.63, 3.8) is 0 Å². The Labute approximate surface area is 212 Å². The number of rotatable bonds is 13. The molecule has 0 aliphatic carbocycles. The van der Waals surface area contributed by atoms with E-state index in [-0.39, 0.29) is 17.1 Å². The van der Waals surface area contributed by atoms with E-state index in [1.165, 1.54) is 16.4 Å². The van der Waals surface area contributed by atoms with Gasteiger partial charge in [-0.1, -0.05) is 74.5 Å². The fraction of sp³-hybridized carbons (Fsp3) is 0.296. The molecule has 3 aromatic carbocycles. The highest BCUT2D eigenvalue weighted by Crippen LogP contribution is 2.36. The number of carboxylic acids is 1. The molecule has 0 aromatic heterocycles. The number of benzene rings is 3. The third kappa shape index (κ3) is 7.23. The number of anilines is 1. The van der Waals surface area contributed by atoms with Gasteiger partial charge in [0.2, 0.25) is 0 Å². The minimum Gasteiger partial charge on any atom is -0.487 e. The molecule has 0 fully saturated rings. The molecule has 0 amide bonds. The molecule has 0 radical (unpaired) electrons. The summed E-state index contributed by atoms with van der Waals surface area (Å²) >= 11 is 6.29. The summed E-state index contributed by atoms with van der Waals surface area (Å²) in [4.78, 5) is 11.3. The van der Waals surface area contributed by atoms with E-state index < -0.39 is 16.0 Å². The zero-order valence-electron chi connectivity index (χ0n) is 19.7. The lowest BCUT2D eigenvalue weighted by atomic mass is 10.1. The van der Waals surface area contributed by atoms with Crippen LogP contribution in [0.15, 0.2) is 77.7 Å². The highest BCUT2D eigenvalue weighted by molar-refractivity contribution is 7.92. The molecule has 0 saturated carbocycles. The number of sulfonamides is 1. The van der Waals surface area contributed by atoms with Gasteiger partial charge in [-0.05, 0) is 54.4 Å². The van der Waals surface area contributed by atoms with Crippen molar-refractivity contribution >= 4 is 33.3 Å². The molecule has 0 bridgehead atoms. The third-order valence-corrected chi connectivity index (χ3v) is 7.64. The topological polar surface area (TPSA) is 83.9 Å². The van der Waals surface area contributed by atoms with Crippen LogP contribution in [0.25, 0.3) is 0 Å². The van der Waals surface area contributed by atoms with Crippen molar-refractivity contribution in [2.24, 2.45) is 0 Å². The second kappa shape index (κ2) is 12.6. The maximum Gasteiger partial charge on any atom is 0.335 e. The van der Waals surface area contributed by atoms with Crippen molar-refractivity contribution in [3.8, 4) is 5.75 Å². The van der Waals surface area contributed by atoms with Crippen molar-refractivity contribution in [2.75, 3.05) is 10.8 Å². The summed E-state index contributed by atoms with van der Waals surface area (Å²) in [6.07, 6.45) is 4.88. The van der Waals surface area contributed by atoms with E-state index in [1.54, 1.807) is 60.7 Å². The minimum atomic E-state index is -3.85. The maximum atomic E-state index is 13.7. The number of halogens is 1. The van der Waals surface area contributed by atoms with Gasteiger partial charge >= 0.3 is 5.97 Å². The van der Waals surface area contributed by atoms with Crippen molar-refractivity contribution in [1.82, 2.24) is 0 Å². The fourth-order valence-electron chi connectivity index (χ4n) is 3.66. The highest BCUT2D eigenvalue weighted by Gasteiger charge is 2.27.